The van der Waals surface area contributed by atoms with E-state index in [0.717, 1.165) is 18.5 Å². The Hall–Kier alpha value is -2.47. The molecule has 1 fully saturated rings. The third-order valence-electron chi connectivity index (χ3n) is 4.49. The van der Waals surface area contributed by atoms with Gasteiger partial charge in [0.15, 0.2) is 0 Å². The Labute approximate surface area is 147 Å². The second kappa shape index (κ2) is 8.07. The van der Waals surface area contributed by atoms with Gasteiger partial charge in [-0.15, -0.1) is 0 Å². The molecule has 1 saturated heterocycles. The third kappa shape index (κ3) is 5.00. The number of benzene rings is 1. The topological polar surface area (TPSA) is 78.4 Å². The molecular weight excluding hydrogens is 316 g/mol. The van der Waals surface area contributed by atoms with E-state index in [-0.39, 0.29) is 12.5 Å². The molecule has 1 aromatic carbocycles. The highest BCUT2D eigenvalue weighted by atomic mass is 16.3. The van der Waals surface area contributed by atoms with Crippen molar-refractivity contribution in [2.75, 3.05) is 24.5 Å². The van der Waals surface area contributed by atoms with E-state index in [1.165, 1.54) is 0 Å². The van der Waals surface area contributed by atoms with E-state index in [1.807, 2.05) is 35.2 Å². The number of carbonyl (C=O) groups is 1. The predicted octanol–water partition coefficient (Wildman–Crippen LogP) is 1.56. The number of amides is 1. The van der Waals surface area contributed by atoms with E-state index in [4.69, 9.17) is 0 Å². The fraction of sp³-hybridized carbons (Fsp3) is 0.421. The minimum Gasteiger partial charge on any atom is -0.386 e. The van der Waals surface area contributed by atoms with E-state index in [0.29, 0.717) is 31.8 Å². The van der Waals surface area contributed by atoms with Crippen LogP contribution in [0, 0.1) is 0 Å². The first-order chi connectivity index (χ1) is 12.1. The van der Waals surface area contributed by atoms with Gasteiger partial charge in [-0.3, -0.25) is 4.79 Å². The third-order valence-corrected chi connectivity index (χ3v) is 4.49. The van der Waals surface area contributed by atoms with Crippen LogP contribution in [0.25, 0.3) is 0 Å². The largest absolute Gasteiger partial charge is 0.386 e. The number of rotatable bonds is 6. The van der Waals surface area contributed by atoms with Crippen LogP contribution in [-0.2, 0) is 11.2 Å². The van der Waals surface area contributed by atoms with Crippen molar-refractivity contribution in [1.29, 1.82) is 0 Å². The number of hydrogen-bond donors (Lipinski definition) is 2. The van der Waals surface area contributed by atoms with Crippen LogP contribution in [0.3, 0.4) is 0 Å². The zero-order chi connectivity index (χ0) is 17.5. The Morgan fingerprint density at radius 1 is 1.20 bits per heavy atom. The van der Waals surface area contributed by atoms with Gasteiger partial charge < -0.3 is 15.3 Å². The van der Waals surface area contributed by atoms with E-state index < -0.39 is 5.60 Å². The molecule has 0 aliphatic carbocycles. The van der Waals surface area contributed by atoms with Gasteiger partial charge in [0.25, 0.3) is 0 Å². The van der Waals surface area contributed by atoms with Gasteiger partial charge in [-0.1, -0.05) is 30.3 Å². The molecule has 1 aliphatic heterocycles. The van der Waals surface area contributed by atoms with Crippen molar-refractivity contribution >= 4 is 11.9 Å². The molecule has 132 valence electrons. The number of piperidine rings is 1. The maximum absolute atomic E-state index is 12.1. The first-order valence-electron chi connectivity index (χ1n) is 8.70. The summed E-state index contributed by atoms with van der Waals surface area (Å²) >= 11 is 0. The molecule has 6 heteroatoms. The first kappa shape index (κ1) is 17.4. The smallest absolute Gasteiger partial charge is 0.225 e. The van der Waals surface area contributed by atoms with Crippen LogP contribution >= 0.6 is 0 Å². The average Bonchev–Trinajstić information content (AvgIpc) is 2.66. The molecule has 2 N–H and O–H groups in total. The minimum absolute atomic E-state index is 0.0367. The number of hydrogen-bond acceptors (Lipinski definition) is 5. The average molecular weight is 340 g/mol. The maximum atomic E-state index is 12.1. The highest BCUT2D eigenvalue weighted by Crippen LogP contribution is 2.23. The summed E-state index contributed by atoms with van der Waals surface area (Å²) < 4.78 is 0. The van der Waals surface area contributed by atoms with Crippen molar-refractivity contribution in [3.8, 4) is 0 Å². The number of anilines is 1. The second-order valence-electron chi connectivity index (χ2n) is 6.56. The highest BCUT2D eigenvalue weighted by Gasteiger charge is 2.34. The molecule has 1 aromatic heterocycles. The lowest BCUT2D eigenvalue weighted by atomic mass is 9.93. The molecule has 1 amide bonds. The molecule has 3 rings (SSSR count). The zero-order valence-electron chi connectivity index (χ0n) is 14.3. The molecule has 2 heterocycles. The van der Waals surface area contributed by atoms with E-state index in [2.05, 4.69) is 15.3 Å². The Kier molecular flexibility index (Phi) is 5.60. The Balaban J connectivity index is 1.48. The Bertz CT molecular complexity index is 680. The lowest BCUT2D eigenvalue weighted by molar-refractivity contribution is -0.122. The molecule has 0 radical (unpaired) electrons. The Morgan fingerprint density at radius 2 is 1.96 bits per heavy atom. The van der Waals surface area contributed by atoms with Gasteiger partial charge in [0, 0.05) is 31.9 Å². The summed E-state index contributed by atoms with van der Waals surface area (Å²) in [6.45, 7) is 1.49. The van der Waals surface area contributed by atoms with Crippen molar-refractivity contribution in [3.05, 3.63) is 54.4 Å². The summed E-state index contributed by atoms with van der Waals surface area (Å²) in [5.74, 6) is 0.585. The quantitative estimate of drug-likeness (QED) is 0.834. The number of β-amino-alcohol motifs (C(OH)–C–C–N with tert-alkyl or cyclic N) is 1. The van der Waals surface area contributed by atoms with Crippen LogP contribution in [0.15, 0.2) is 48.8 Å². The van der Waals surface area contributed by atoms with Crippen LogP contribution in [0.2, 0.25) is 0 Å². The molecule has 1 atom stereocenters. The monoisotopic (exact) mass is 340 g/mol. The van der Waals surface area contributed by atoms with Gasteiger partial charge in [0.1, 0.15) is 0 Å². The SMILES string of the molecule is O=C(CCc1ccccc1)NC[C@]1(O)CCCN(c2ncccn2)C1. The van der Waals surface area contributed by atoms with Crippen LogP contribution in [0.5, 0.6) is 0 Å². The molecule has 1 aliphatic rings. The lowest BCUT2D eigenvalue weighted by Crippen LogP contribution is -2.54. The Morgan fingerprint density at radius 3 is 2.72 bits per heavy atom. The first-order valence-corrected chi connectivity index (χ1v) is 8.70. The number of aromatic nitrogens is 2. The van der Waals surface area contributed by atoms with Crippen molar-refractivity contribution in [3.63, 3.8) is 0 Å². The standard InChI is InChI=1S/C19H24N4O2/c24-17(9-8-16-6-2-1-3-7-16)22-14-19(25)10-4-13-23(15-19)18-20-11-5-12-21-18/h1-3,5-7,11-12,25H,4,8-10,13-15H2,(H,22,24)/t19-/m1/s1. The molecule has 25 heavy (non-hydrogen) atoms. The summed E-state index contributed by atoms with van der Waals surface area (Å²) in [6, 6.07) is 11.7. The van der Waals surface area contributed by atoms with Crippen molar-refractivity contribution in [1.82, 2.24) is 15.3 Å². The molecule has 0 spiro atoms. The lowest BCUT2D eigenvalue weighted by Gasteiger charge is -2.39. The summed E-state index contributed by atoms with van der Waals surface area (Å²) in [6.07, 6.45) is 6.02. The van der Waals surface area contributed by atoms with E-state index in [9.17, 15) is 9.90 Å². The van der Waals surface area contributed by atoms with E-state index >= 15 is 0 Å². The normalized spacial score (nSPS) is 20.3. The molecule has 0 saturated carbocycles. The summed E-state index contributed by atoms with van der Waals surface area (Å²) in [7, 11) is 0. The fourth-order valence-electron chi connectivity index (χ4n) is 3.14. The van der Waals surface area contributed by atoms with E-state index in [1.54, 1.807) is 18.5 Å². The van der Waals surface area contributed by atoms with Gasteiger partial charge >= 0.3 is 0 Å². The van der Waals surface area contributed by atoms with Gasteiger partial charge in [0.2, 0.25) is 11.9 Å². The highest BCUT2D eigenvalue weighted by molar-refractivity contribution is 5.76. The zero-order valence-corrected chi connectivity index (χ0v) is 14.3. The van der Waals surface area contributed by atoms with Crippen LogP contribution in [0.4, 0.5) is 5.95 Å². The van der Waals surface area contributed by atoms with Crippen LogP contribution in [0.1, 0.15) is 24.8 Å². The minimum atomic E-state index is -0.945. The number of aryl methyl sites for hydroxylation is 1. The van der Waals surface area contributed by atoms with Crippen molar-refractivity contribution < 1.29 is 9.90 Å². The molecule has 0 bridgehead atoms. The number of carbonyl (C=O) groups excluding carboxylic acids is 1. The van der Waals surface area contributed by atoms with Crippen molar-refractivity contribution in [2.45, 2.75) is 31.3 Å². The molecular formula is C19H24N4O2. The number of nitrogens with one attached hydrogen (secondary N) is 1. The number of aliphatic hydroxyl groups is 1. The maximum Gasteiger partial charge on any atom is 0.225 e. The van der Waals surface area contributed by atoms with Gasteiger partial charge in [-0.05, 0) is 30.9 Å². The molecule has 0 unspecified atom stereocenters. The molecule has 2 aromatic rings. The summed E-state index contributed by atoms with van der Waals surface area (Å²) in [4.78, 5) is 22.5. The summed E-state index contributed by atoms with van der Waals surface area (Å²) in [5.41, 5.74) is 0.196. The van der Waals surface area contributed by atoms with Crippen LogP contribution < -0.4 is 10.2 Å². The van der Waals surface area contributed by atoms with Crippen LogP contribution in [-0.4, -0.2) is 46.2 Å². The van der Waals surface area contributed by atoms with Gasteiger partial charge in [-0.2, -0.15) is 0 Å². The fourth-order valence-corrected chi connectivity index (χ4v) is 3.14. The van der Waals surface area contributed by atoms with Gasteiger partial charge in [-0.25, -0.2) is 9.97 Å². The van der Waals surface area contributed by atoms with Gasteiger partial charge in [0.05, 0.1) is 12.1 Å². The number of nitrogens with zero attached hydrogens (tertiary/aromatic N) is 3. The summed E-state index contributed by atoms with van der Waals surface area (Å²) in [5, 5.41) is 13.7. The second-order valence-corrected chi connectivity index (χ2v) is 6.56. The molecule has 6 nitrogen and oxygen atoms in total. The predicted molar refractivity (Wildman–Crippen MR) is 96.2 cm³/mol. The van der Waals surface area contributed by atoms with Crippen molar-refractivity contribution in [2.24, 2.45) is 0 Å².